The van der Waals surface area contributed by atoms with Crippen molar-refractivity contribution in [3.05, 3.63) is 29.8 Å². The second-order valence-electron chi connectivity index (χ2n) is 4.05. The van der Waals surface area contributed by atoms with E-state index in [0.717, 1.165) is 18.5 Å². The van der Waals surface area contributed by atoms with Crippen molar-refractivity contribution in [2.45, 2.75) is 39.3 Å². The Morgan fingerprint density at radius 3 is 2.68 bits per heavy atom. The molecule has 1 rings (SSSR count). The lowest BCUT2D eigenvalue weighted by molar-refractivity contribution is -0.0507. The van der Waals surface area contributed by atoms with Crippen LogP contribution in [0.25, 0.3) is 0 Å². The highest BCUT2D eigenvalue weighted by atomic mass is 19.3. The van der Waals surface area contributed by atoms with Gasteiger partial charge in [-0.3, -0.25) is 0 Å². The summed E-state index contributed by atoms with van der Waals surface area (Å²) in [5.74, 6) is 6.02. The molecule has 0 spiro atoms. The van der Waals surface area contributed by atoms with Gasteiger partial charge in [-0.1, -0.05) is 25.1 Å². The quantitative estimate of drug-likeness (QED) is 0.760. The number of rotatable bonds is 7. The number of ether oxygens (including phenoxy) is 1. The lowest BCUT2D eigenvalue weighted by Crippen LogP contribution is -2.22. The van der Waals surface area contributed by atoms with Crippen LogP contribution in [0.3, 0.4) is 0 Å². The molecule has 0 aliphatic heterocycles. The van der Waals surface area contributed by atoms with Crippen LogP contribution >= 0.6 is 0 Å². The van der Waals surface area contributed by atoms with Gasteiger partial charge in [-0.2, -0.15) is 8.78 Å². The van der Waals surface area contributed by atoms with E-state index in [1.54, 1.807) is 25.1 Å². The Bertz CT molecular complexity index is 437. The molecule has 0 heterocycles. The fourth-order valence-electron chi connectivity index (χ4n) is 1.79. The highest BCUT2D eigenvalue weighted by Crippen LogP contribution is 2.28. The van der Waals surface area contributed by atoms with Crippen molar-refractivity contribution in [1.29, 1.82) is 0 Å². The smallest absolute Gasteiger partial charge is 0.387 e. The molecule has 104 valence electrons. The molecule has 1 aromatic carbocycles. The standard InChI is InChI=1S/C15H19F2NO/c1-3-5-9-13(18-11-4-2)12-8-6-7-10-14(12)19-15(16)17/h6-8,10,13,15,18H,4,9,11H2,1-2H3. The second-order valence-corrected chi connectivity index (χ2v) is 4.05. The molecule has 0 radical (unpaired) electrons. The van der Waals surface area contributed by atoms with E-state index in [0.29, 0.717) is 6.42 Å². The Hall–Kier alpha value is -1.60. The molecule has 0 bridgehead atoms. The van der Waals surface area contributed by atoms with Crippen LogP contribution in [-0.2, 0) is 0 Å². The minimum atomic E-state index is -2.81. The van der Waals surface area contributed by atoms with Crippen LogP contribution in [0.2, 0.25) is 0 Å². The van der Waals surface area contributed by atoms with Gasteiger partial charge in [-0.25, -0.2) is 0 Å². The zero-order valence-electron chi connectivity index (χ0n) is 11.2. The van der Waals surface area contributed by atoms with E-state index in [1.165, 1.54) is 0 Å². The summed E-state index contributed by atoms with van der Waals surface area (Å²) < 4.78 is 29.4. The number of halogens is 2. The van der Waals surface area contributed by atoms with Gasteiger partial charge >= 0.3 is 6.61 Å². The van der Waals surface area contributed by atoms with E-state index in [1.807, 2.05) is 6.07 Å². The first-order chi connectivity index (χ1) is 9.19. The van der Waals surface area contributed by atoms with E-state index in [-0.39, 0.29) is 11.8 Å². The Balaban J connectivity index is 2.94. The Kier molecular flexibility index (Phi) is 6.91. The summed E-state index contributed by atoms with van der Waals surface area (Å²) in [7, 11) is 0. The van der Waals surface area contributed by atoms with E-state index in [2.05, 4.69) is 28.8 Å². The van der Waals surface area contributed by atoms with Crippen LogP contribution < -0.4 is 10.1 Å². The van der Waals surface area contributed by atoms with E-state index < -0.39 is 6.61 Å². The SMILES string of the molecule is CC#CCC(NCCC)c1ccccc1OC(F)F. The van der Waals surface area contributed by atoms with Crippen molar-refractivity contribution < 1.29 is 13.5 Å². The van der Waals surface area contributed by atoms with Crippen molar-refractivity contribution >= 4 is 0 Å². The molecule has 0 aromatic heterocycles. The van der Waals surface area contributed by atoms with E-state index in [9.17, 15) is 8.78 Å². The first kappa shape index (κ1) is 15.5. The molecule has 0 saturated carbocycles. The molecular weight excluding hydrogens is 248 g/mol. The molecule has 19 heavy (non-hydrogen) atoms. The topological polar surface area (TPSA) is 21.3 Å². The molecule has 0 amide bonds. The van der Waals surface area contributed by atoms with Gasteiger partial charge in [0.1, 0.15) is 5.75 Å². The first-order valence-corrected chi connectivity index (χ1v) is 6.35. The number of hydrogen-bond donors (Lipinski definition) is 1. The predicted molar refractivity (Wildman–Crippen MR) is 72.2 cm³/mol. The predicted octanol–water partition coefficient (Wildman–Crippen LogP) is 3.74. The number of hydrogen-bond acceptors (Lipinski definition) is 2. The minimum absolute atomic E-state index is 0.0950. The van der Waals surface area contributed by atoms with Crippen molar-refractivity contribution in [2.24, 2.45) is 0 Å². The highest BCUT2D eigenvalue weighted by Gasteiger charge is 2.16. The van der Waals surface area contributed by atoms with Gasteiger partial charge in [0.15, 0.2) is 0 Å². The maximum absolute atomic E-state index is 12.4. The lowest BCUT2D eigenvalue weighted by atomic mass is 10.0. The number of alkyl halides is 2. The van der Waals surface area contributed by atoms with Crippen LogP contribution in [0.15, 0.2) is 24.3 Å². The number of nitrogens with one attached hydrogen (secondary N) is 1. The van der Waals surface area contributed by atoms with Crippen molar-refractivity contribution in [1.82, 2.24) is 5.32 Å². The molecule has 1 atom stereocenters. The molecule has 0 aliphatic rings. The number of benzene rings is 1. The summed E-state index contributed by atoms with van der Waals surface area (Å²) in [6.45, 7) is 1.81. The minimum Gasteiger partial charge on any atom is -0.434 e. The molecule has 2 nitrogen and oxygen atoms in total. The summed E-state index contributed by atoms with van der Waals surface area (Å²) in [6, 6.07) is 6.75. The largest absolute Gasteiger partial charge is 0.434 e. The average Bonchev–Trinajstić information content (AvgIpc) is 2.39. The molecule has 1 aromatic rings. The maximum atomic E-state index is 12.4. The first-order valence-electron chi connectivity index (χ1n) is 6.35. The summed E-state index contributed by atoms with van der Waals surface area (Å²) >= 11 is 0. The second kappa shape index (κ2) is 8.49. The third kappa shape index (κ3) is 5.27. The molecule has 0 aliphatic carbocycles. The Morgan fingerprint density at radius 1 is 1.32 bits per heavy atom. The third-order valence-corrected chi connectivity index (χ3v) is 2.63. The number of para-hydroxylation sites is 1. The van der Waals surface area contributed by atoms with Crippen LogP contribution in [-0.4, -0.2) is 13.2 Å². The van der Waals surface area contributed by atoms with Gasteiger partial charge in [0.25, 0.3) is 0 Å². The zero-order valence-corrected chi connectivity index (χ0v) is 11.2. The summed E-state index contributed by atoms with van der Waals surface area (Å²) in [5.41, 5.74) is 0.721. The monoisotopic (exact) mass is 267 g/mol. The van der Waals surface area contributed by atoms with Crippen LogP contribution in [0, 0.1) is 11.8 Å². The lowest BCUT2D eigenvalue weighted by Gasteiger charge is -2.19. The average molecular weight is 267 g/mol. The van der Waals surface area contributed by atoms with Crippen LogP contribution in [0.5, 0.6) is 5.75 Å². The fourth-order valence-corrected chi connectivity index (χ4v) is 1.79. The van der Waals surface area contributed by atoms with Crippen LogP contribution in [0.1, 0.15) is 38.3 Å². The summed E-state index contributed by atoms with van der Waals surface area (Å²) in [5, 5.41) is 3.31. The highest BCUT2D eigenvalue weighted by molar-refractivity contribution is 5.36. The molecule has 0 fully saturated rings. The van der Waals surface area contributed by atoms with Gasteiger partial charge in [-0.15, -0.1) is 11.8 Å². The van der Waals surface area contributed by atoms with Crippen molar-refractivity contribution in [3.63, 3.8) is 0 Å². The molecule has 1 unspecified atom stereocenters. The Morgan fingerprint density at radius 2 is 2.05 bits per heavy atom. The van der Waals surface area contributed by atoms with Crippen molar-refractivity contribution in [3.8, 4) is 17.6 Å². The normalized spacial score (nSPS) is 11.8. The van der Waals surface area contributed by atoms with E-state index >= 15 is 0 Å². The molecular formula is C15H19F2NO. The van der Waals surface area contributed by atoms with Crippen molar-refractivity contribution in [2.75, 3.05) is 6.54 Å². The fraction of sp³-hybridized carbons (Fsp3) is 0.467. The van der Waals surface area contributed by atoms with Gasteiger partial charge < -0.3 is 10.1 Å². The van der Waals surface area contributed by atoms with Gasteiger partial charge in [0, 0.05) is 18.0 Å². The van der Waals surface area contributed by atoms with Gasteiger partial charge in [0.2, 0.25) is 0 Å². The maximum Gasteiger partial charge on any atom is 0.387 e. The molecule has 0 saturated heterocycles. The third-order valence-electron chi connectivity index (χ3n) is 2.63. The van der Waals surface area contributed by atoms with Gasteiger partial charge in [-0.05, 0) is 26.0 Å². The molecule has 1 N–H and O–H groups in total. The molecule has 4 heteroatoms. The Labute approximate surface area is 113 Å². The zero-order chi connectivity index (χ0) is 14.1. The summed E-state index contributed by atoms with van der Waals surface area (Å²) in [6.07, 6.45) is 1.54. The van der Waals surface area contributed by atoms with Crippen LogP contribution in [0.4, 0.5) is 8.78 Å². The van der Waals surface area contributed by atoms with E-state index in [4.69, 9.17) is 0 Å². The summed E-state index contributed by atoms with van der Waals surface area (Å²) in [4.78, 5) is 0. The van der Waals surface area contributed by atoms with Gasteiger partial charge in [0.05, 0.1) is 0 Å².